The second kappa shape index (κ2) is 8.44. The van der Waals surface area contributed by atoms with Crippen LogP contribution in [0.3, 0.4) is 0 Å². The van der Waals surface area contributed by atoms with Crippen LogP contribution in [0, 0.1) is 5.92 Å². The van der Waals surface area contributed by atoms with Gasteiger partial charge in [0.05, 0.1) is 11.5 Å². The minimum Gasteiger partial charge on any atom is -0.395 e. The number of hydrogen-bond donors (Lipinski definition) is 2. The molecule has 1 saturated heterocycles. The van der Waals surface area contributed by atoms with E-state index in [0.717, 1.165) is 39.0 Å². The van der Waals surface area contributed by atoms with Crippen molar-refractivity contribution in [2.24, 2.45) is 5.92 Å². The van der Waals surface area contributed by atoms with Gasteiger partial charge in [-0.05, 0) is 50.5 Å². The summed E-state index contributed by atoms with van der Waals surface area (Å²) in [6.07, 6.45) is 3.39. The molecule has 0 bridgehead atoms. The number of β-amino-alcohol motifs (C(OH)–C–C–N with tert-alkyl or cyclic N) is 1. The second-order valence-electron chi connectivity index (χ2n) is 6.13. The molecule has 130 valence electrons. The van der Waals surface area contributed by atoms with Gasteiger partial charge >= 0.3 is 0 Å². The van der Waals surface area contributed by atoms with E-state index >= 15 is 0 Å². The Hall–Kier alpha value is -0.660. The van der Waals surface area contributed by atoms with E-state index in [2.05, 4.69) is 10.2 Å². The maximum Gasteiger partial charge on any atom is 0.175 e. The highest BCUT2D eigenvalue weighted by molar-refractivity contribution is 7.90. The molecule has 1 heterocycles. The van der Waals surface area contributed by atoms with Crippen LogP contribution in [0.1, 0.15) is 18.4 Å². The molecule has 1 fully saturated rings. The van der Waals surface area contributed by atoms with Gasteiger partial charge in [-0.25, -0.2) is 8.42 Å². The zero-order valence-corrected chi connectivity index (χ0v) is 15.0. The number of nitrogens with one attached hydrogen (secondary N) is 1. The summed E-state index contributed by atoms with van der Waals surface area (Å²) in [7, 11) is -3.28. The first-order valence-corrected chi connectivity index (χ1v) is 10.2. The largest absolute Gasteiger partial charge is 0.395 e. The average Bonchev–Trinajstić information content (AvgIpc) is 2.50. The van der Waals surface area contributed by atoms with Crippen molar-refractivity contribution in [2.75, 3.05) is 39.0 Å². The molecule has 0 atom stereocenters. The Morgan fingerprint density at radius 3 is 2.65 bits per heavy atom. The quantitative estimate of drug-likeness (QED) is 0.771. The third kappa shape index (κ3) is 5.43. The Labute approximate surface area is 143 Å². The number of sulfone groups is 1. The summed E-state index contributed by atoms with van der Waals surface area (Å²) in [5.74, 6) is 0.578. The first kappa shape index (κ1) is 18.7. The number of rotatable bonds is 7. The normalized spacial score (nSPS) is 17.5. The van der Waals surface area contributed by atoms with Crippen molar-refractivity contribution in [3.63, 3.8) is 0 Å². The summed E-state index contributed by atoms with van der Waals surface area (Å²) in [6.45, 7) is 4.28. The van der Waals surface area contributed by atoms with E-state index in [-0.39, 0.29) is 6.61 Å². The zero-order valence-electron chi connectivity index (χ0n) is 13.5. The molecule has 0 spiro atoms. The van der Waals surface area contributed by atoms with Gasteiger partial charge in [-0.15, -0.1) is 0 Å². The van der Waals surface area contributed by atoms with Gasteiger partial charge in [0.1, 0.15) is 0 Å². The monoisotopic (exact) mass is 360 g/mol. The van der Waals surface area contributed by atoms with Crippen LogP contribution in [-0.4, -0.2) is 57.5 Å². The van der Waals surface area contributed by atoms with E-state index in [0.29, 0.717) is 27.9 Å². The van der Waals surface area contributed by atoms with Crippen LogP contribution >= 0.6 is 11.6 Å². The van der Waals surface area contributed by atoms with Gasteiger partial charge in [0.2, 0.25) is 0 Å². The molecule has 2 rings (SSSR count). The third-order valence-electron chi connectivity index (χ3n) is 4.33. The molecule has 23 heavy (non-hydrogen) atoms. The lowest BCUT2D eigenvalue weighted by molar-refractivity contribution is 0.146. The molecule has 1 aliphatic rings. The van der Waals surface area contributed by atoms with Gasteiger partial charge in [0, 0.05) is 29.9 Å². The SMILES string of the molecule is CS(=O)(=O)c1cccc(Cl)c1CNCC1CCN(CCO)CC1. The van der Waals surface area contributed by atoms with Gasteiger partial charge in [-0.2, -0.15) is 0 Å². The van der Waals surface area contributed by atoms with E-state index in [1.165, 1.54) is 6.26 Å². The fourth-order valence-electron chi connectivity index (χ4n) is 3.01. The molecule has 1 aromatic carbocycles. The number of aliphatic hydroxyl groups excluding tert-OH is 1. The number of nitrogens with zero attached hydrogens (tertiary/aromatic N) is 1. The Kier molecular flexibility index (Phi) is 6.85. The lowest BCUT2D eigenvalue weighted by Crippen LogP contribution is -2.38. The fraction of sp³-hybridized carbons (Fsp3) is 0.625. The molecule has 0 radical (unpaired) electrons. The summed E-state index contributed by atoms with van der Waals surface area (Å²) in [6, 6.07) is 4.99. The number of halogens is 1. The van der Waals surface area contributed by atoms with Gasteiger partial charge in [0.25, 0.3) is 0 Å². The molecule has 2 N–H and O–H groups in total. The molecular weight excluding hydrogens is 336 g/mol. The van der Waals surface area contributed by atoms with Crippen LogP contribution in [0.25, 0.3) is 0 Å². The molecular formula is C16H25ClN2O3S. The van der Waals surface area contributed by atoms with Crippen molar-refractivity contribution >= 4 is 21.4 Å². The predicted molar refractivity (Wildman–Crippen MR) is 92.5 cm³/mol. The Bertz CT molecular complexity index is 614. The van der Waals surface area contributed by atoms with Gasteiger partial charge in [-0.1, -0.05) is 17.7 Å². The van der Waals surface area contributed by atoms with Crippen LogP contribution in [0.2, 0.25) is 5.02 Å². The standard InChI is InChI=1S/C16H25ClN2O3S/c1-23(21,22)16-4-2-3-15(17)14(16)12-18-11-13-5-7-19(8-6-13)9-10-20/h2-4,13,18,20H,5-12H2,1H3. The molecule has 5 nitrogen and oxygen atoms in total. The highest BCUT2D eigenvalue weighted by Gasteiger charge is 2.19. The molecule has 1 aliphatic heterocycles. The summed E-state index contributed by atoms with van der Waals surface area (Å²) >= 11 is 6.18. The minimum atomic E-state index is -3.28. The summed E-state index contributed by atoms with van der Waals surface area (Å²) < 4.78 is 23.7. The fourth-order valence-corrected chi connectivity index (χ4v) is 4.27. The Morgan fingerprint density at radius 2 is 2.04 bits per heavy atom. The van der Waals surface area contributed by atoms with Crippen molar-refractivity contribution in [1.29, 1.82) is 0 Å². The van der Waals surface area contributed by atoms with Crippen molar-refractivity contribution in [2.45, 2.75) is 24.3 Å². The number of piperidine rings is 1. The van der Waals surface area contributed by atoms with Crippen molar-refractivity contribution in [3.8, 4) is 0 Å². The van der Waals surface area contributed by atoms with Crippen LogP contribution in [0.15, 0.2) is 23.1 Å². The van der Waals surface area contributed by atoms with Gasteiger partial charge < -0.3 is 15.3 Å². The van der Waals surface area contributed by atoms with E-state index in [4.69, 9.17) is 16.7 Å². The Balaban J connectivity index is 1.88. The van der Waals surface area contributed by atoms with E-state index in [9.17, 15) is 8.42 Å². The number of hydrogen-bond acceptors (Lipinski definition) is 5. The molecule has 0 amide bonds. The van der Waals surface area contributed by atoms with Crippen molar-refractivity contribution in [3.05, 3.63) is 28.8 Å². The molecule has 0 aromatic heterocycles. The smallest absolute Gasteiger partial charge is 0.175 e. The first-order chi connectivity index (χ1) is 10.9. The molecule has 0 aliphatic carbocycles. The van der Waals surface area contributed by atoms with E-state index in [1.807, 2.05) is 0 Å². The van der Waals surface area contributed by atoms with Crippen molar-refractivity contribution < 1.29 is 13.5 Å². The first-order valence-electron chi connectivity index (χ1n) is 7.93. The van der Waals surface area contributed by atoms with Crippen LogP contribution in [0.4, 0.5) is 0 Å². The molecule has 0 unspecified atom stereocenters. The lowest BCUT2D eigenvalue weighted by Gasteiger charge is -2.31. The van der Waals surface area contributed by atoms with Crippen molar-refractivity contribution in [1.82, 2.24) is 10.2 Å². The minimum absolute atomic E-state index is 0.212. The second-order valence-corrected chi connectivity index (χ2v) is 8.52. The topological polar surface area (TPSA) is 69.6 Å². The highest BCUT2D eigenvalue weighted by Crippen LogP contribution is 2.24. The number of benzene rings is 1. The number of aliphatic hydroxyl groups is 1. The van der Waals surface area contributed by atoms with E-state index < -0.39 is 9.84 Å². The van der Waals surface area contributed by atoms with Gasteiger partial charge in [0.15, 0.2) is 9.84 Å². The molecule has 0 saturated carbocycles. The zero-order chi connectivity index (χ0) is 16.9. The number of likely N-dealkylation sites (tertiary alicyclic amines) is 1. The van der Waals surface area contributed by atoms with Crippen LogP contribution in [0.5, 0.6) is 0 Å². The maximum absolute atomic E-state index is 11.9. The van der Waals surface area contributed by atoms with E-state index in [1.54, 1.807) is 18.2 Å². The third-order valence-corrected chi connectivity index (χ3v) is 5.87. The lowest BCUT2D eigenvalue weighted by atomic mass is 9.97. The molecule has 1 aromatic rings. The van der Waals surface area contributed by atoms with Gasteiger partial charge in [-0.3, -0.25) is 0 Å². The maximum atomic E-state index is 11.9. The van der Waals surface area contributed by atoms with Crippen LogP contribution < -0.4 is 5.32 Å². The Morgan fingerprint density at radius 1 is 1.35 bits per heavy atom. The predicted octanol–water partition coefficient (Wildman–Crippen LogP) is 1.54. The van der Waals surface area contributed by atoms with Crippen LogP contribution in [-0.2, 0) is 16.4 Å². The summed E-state index contributed by atoms with van der Waals surface area (Å²) in [5, 5.41) is 12.8. The molecule has 7 heteroatoms. The summed E-state index contributed by atoms with van der Waals surface area (Å²) in [4.78, 5) is 2.57. The average molecular weight is 361 g/mol. The highest BCUT2D eigenvalue weighted by atomic mass is 35.5. The summed E-state index contributed by atoms with van der Waals surface area (Å²) in [5.41, 5.74) is 0.648.